The molecule has 2 aromatic carbocycles. The van der Waals surface area contributed by atoms with Crippen LogP contribution in [0.1, 0.15) is 12.5 Å². The molecule has 0 aromatic heterocycles. The molecule has 0 atom stereocenters. The molecule has 0 aliphatic heterocycles. The number of sulfonamides is 1. The molecule has 1 amide bonds. The molecule has 128 valence electrons. The fourth-order valence-electron chi connectivity index (χ4n) is 2.01. The number of hydrogen-bond donors (Lipinski definition) is 2. The molecule has 2 aromatic rings. The Morgan fingerprint density at radius 1 is 1.21 bits per heavy atom. The first-order chi connectivity index (χ1) is 11.3. The van der Waals surface area contributed by atoms with E-state index in [4.69, 9.17) is 11.6 Å². The summed E-state index contributed by atoms with van der Waals surface area (Å²) in [6.45, 7) is 1.47. The van der Waals surface area contributed by atoms with Crippen molar-refractivity contribution in [2.75, 3.05) is 11.9 Å². The van der Waals surface area contributed by atoms with Gasteiger partial charge in [-0.05, 0) is 42.3 Å². The molecule has 2 N–H and O–H groups in total. The van der Waals surface area contributed by atoms with Gasteiger partial charge in [0.05, 0.1) is 6.54 Å². The highest BCUT2D eigenvalue weighted by Gasteiger charge is 2.20. The molecule has 0 radical (unpaired) electrons. The Kier molecular flexibility index (Phi) is 5.93. The maximum atomic E-state index is 13.7. The van der Waals surface area contributed by atoms with Gasteiger partial charge in [-0.15, -0.1) is 0 Å². The summed E-state index contributed by atoms with van der Waals surface area (Å²) in [7, 11) is -4.15. The molecule has 0 spiro atoms. The first-order valence-electron chi connectivity index (χ1n) is 7.15. The molecule has 8 heteroatoms. The third-order valence-electron chi connectivity index (χ3n) is 3.23. The van der Waals surface area contributed by atoms with Crippen LogP contribution < -0.4 is 10.0 Å². The lowest BCUT2D eigenvalue weighted by atomic mass is 10.1. The molecule has 0 saturated heterocycles. The van der Waals surface area contributed by atoms with Crippen LogP contribution in [-0.4, -0.2) is 20.9 Å². The second-order valence-electron chi connectivity index (χ2n) is 5.00. The fourth-order valence-corrected chi connectivity index (χ4v) is 3.20. The van der Waals surface area contributed by atoms with Gasteiger partial charge in [-0.3, -0.25) is 4.79 Å². The predicted octanol–water partition coefficient (Wildman–Crippen LogP) is 2.96. The Bertz CT molecular complexity index is 856. The maximum absolute atomic E-state index is 13.7. The minimum absolute atomic E-state index is 0.0833. The molecule has 0 saturated carbocycles. The zero-order valence-electron chi connectivity index (χ0n) is 12.8. The van der Waals surface area contributed by atoms with Crippen molar-refractivity contribution in [1.29, 1.82) is 0 Å². The second kappa shape index (κ2) is 7.74. The van der Waals surface area contributed by atoms with Crippen LogP contribution in [0.4, 0.5) is 10.1 Å². The van der Waals surface area contributed by atoms with E-state index < -0.39 is 33.2 Å². The van der Waals surface area contributed by atoms with E-state index in [0.29, 0.717) is 5.69 Å². The zero-order valence-corrected chi connectivity index (χ0v) is 14.4. The third kappa shape index (κ3) is 4.77. The van der Waals surface area contributed by atoms with Crippen molar-refractivity contribution in [3.05, 3.63) is 58.9 Å². The van der Waals surface area contributed by atoms with Crippen molar-refractivity contribution in [1.82, 2.24) is 4.72 Å². The average Bonchev–Trinajstić information content (AvgIpc) is 2.53. The molecule has 0 fully saturated rings. The molecular formula is C16H16ClFN2O3S. The Balaban J connectivity index is 2.02. The van der Waals surface area contributed by atoms with E-state index in [2.05, 4.69) is 10.0 Å². The number of hydrogen-bond acceptors (Lipinski definition) is 3. The molecule has 0 aliphatic rings. The number of amides is 1. The topological polar surface area (TPSA) is 75.3 Å². The summed E-state index contributed by atoms with van der Waals surface area (Å²) in [4.78, 5) is 11.3. The minimum Gasteiger partial charge on any atom is -0.325 e. The van der Waals surface area contributed by atoms with Crippen LogP contribution in [0.5, 0.6) is 0 Å². The first kappa shape index (κ1) is 18.4. The van der Waals surface area contributed by atoms with Gasteiger partial charge in [0, 0.05) is 10.7 Å². The van der Waals surface area contributed by atoms with Gasteiger partial charge in [0.1, 0.15) is 10.7 Å². The van der Waals surface area contributed by atoms with E-state index in [1.807, 2.05) is 13.0 Å². The van der Waals surface area contributed by atoms with Crippen LogP contribution in [0.15, 0.2) is 47.4 Å². The summed E-state index contributed by atoms with van der Waals surface area (Å²) < 4.78 is 39.9. The third-order valence-corrected chi connectivity index (χ3v) is 4.89. The van der Waals surface area contributed by atoms with Crippen LogP contribution >= 0.6 is 11.6 Å². The lowest BCUT2D eigenvalue weighted by Gasteiger charge is -2.09. The molecule has 0 heterocycles. The van der Waals surface area contributed by atoms with E-state index >= 15 is 0 Å². The Hall–Kier alpha value is -1.96. The second-order valence-corrected chi connectivity index (χ2v) is 7.17. The SMILES string of the molecule is CCc1cccc(NC(=O)CNS(=O)(=O)c2ccc(Cl)cc2F)c1. The van der Waals surface area contributed by atoms with Gasteiger partial charge in [0.15, 0.2) is 0 Å². The summed E-state index contributed by atoms with van der Waals surface area (Å²) in [5.74, 6) is -1.53. The molecule has 5 nitrogen and oxygen atoms in total. The monoisotopic (exact) mass is 370 g/mol. The van der Waals surface area contributed by atoms with Crippen molar-refractivity contribution in [3.63, 3.8) is 0 Å². The largest absolute Gasteiger partial charge is 0.325 e. The summed E-state index contributed by atoms with van der Waals surface area (Å²) in [6.07, 6.45) is 0.812. The first-order valence-corrected chi connectivity index (χ1v) is 9.01. The molecule has 2 rings (SSSR count). The van der Waals surface area contributed by atoms with Gasteiger partial charge in [-0.25, -0.2) is 17.5 Å². The van der Waals surface area contributed by atoms with Crippen molar-refractivity contribution in [2.45, 2.75) is 18.2 Å². The summed E-state index contributed by atoms with van der Waals surface area (Å²) >= 11 is 5.59. The Morgan fingerprint density at radius 3 is 2.62 bits per heavy atom. The van der Waals surface area contributed by atoms with Gasteiger partial charge in [0.2, 0.25) is 15.9 Å². The van der Waals surface area contributed by atoms with Crippen LogP contribution in [0.25, 0.3) is 0 Å². The van der Waals surface area contributed by atoms with Crippen LogP contribution in [0, 0.1) is 5.82 Å². The standard InChI is InChI=1S/C16H16ClFN2O3S/c1-2-11-4-3-5-13(8-11)20-16(21)10-19-24(22,23)15-7-6-12(17)9-14(15)18/h3-9,19H,2,10H2,1H3,(H,20,21). The molecule has 0 unspecified atom stereocenters. The van der Waals surface area contributed by atoms with E-state index in [-0.39, 0.29) is 5.02 Å². The van der Waals surface area contributed by atoms with Crippen molar-refractivity contribution < 1.29 is 17.6 Å². The molecule has 0 aliphatic carbocycles. The molecule has 24 heavy (non-hydrogen) atoms. The Labute approximate surface area is 144 Å². The number of anilines is 1. The minimum atomic E-state index is -4.15. The van der Waals surface area contributed by atoms with Crippen LogP contribution in [0.3, 0.4) is 0 Å². The highest BCUT2D eigenvalue weighted by molar-refractivity contribution is 7.89. The van der Waals surface area contributed by atoms with Crippen molar-refractivity contribution >= 4 is 33.2 Å². The number of aryl methyl sites for hydroxylation is 1. The number of halogens is 2. The highest BCUT2D eigenvalue weighted by atomic mass is 35.5. The molecule has 0 bridgehead atoms. The van der Waals surface area contributed by atoms with Gasteiger partial charge in [-0.2, -0.15) is 0 Å². The summed E-state index contributed by atoms with van der Waals surface area (Å²) in [5, 5.41) is 2.67. The summed E-state index contributed by atoms with van der Waals surface area (Å²) in [6, 6.07) is 10.4. The lowest BCUT2D eigenvalue weighted by Crippen LogP contribution is -2.33. The van der Waals surface area contributed by atoms with Crippen LogP contribution in [0.2, 0.25) is 5.02 Å². The number of benzene rings is 2. The van der Waals surface area contributed by atoms with E-state index in [9.17, 15) is 17.6 Å². The number of carbonyl (C=O) groups is 1. The lowest BCUT2D eigenvalue weighted by molar-refractivity contribution is -0.115. The predicted molar refractivity (Wildman–Crippen MR) is 91.0 cm³/mol. The highest BCUT2D eigenvalue weighted by Crippen LogP contribution is 2.18. The van der Waals surface area contributed by atoms with E-state index in [0.717, 1.165) is 24.1 Å². The average molecular weight is 371 g/mol. The fraction of sp³-hybridized carbons (Fsp3) is 0.188. The van der Waals surface area contributed by atoms with Gasteiger partial charge < -0.3 is 5.32 Å². The number of rotatable bonds is 6. The number of nitrogens with one attached hydrogen (secondary N) is 2. The number of carbonyl (C=O) groups excluding carboxylic acids is 1. The van der Waals surface area contributed by atoms with E-state index in [1.54, 1.807) is 18.2 Å². The van der Waals surface area contributed by atoms with Crippen molar-refractivity contribution in [2.24, 2.45) is 0 Å². The smallest absolute Gasteiger partial charge is 0.243 e. The van der Waals surface area contributed by atoms with Gasteiger partial charge in [-0.1, -0.05) is 30.7 Å². The normalized spacial score (nSPS) is 11.3. The zero-order chi connectivity index (χ0) is 17.7. The molecular weight excluding hydrogens is 355 g/mol. The quantitative estimate of drug-likeness (QED) is 0.820. The maximum Gasteiger partial charge on any atom is 0.243 e. The van der Waals surface area contributed by atoms with Crippen molar-refractivity contribution in [3.8, 4) is 0 Å². The van der Waals surface area contributed by atoms with Gasteiger partial charge >= 0.3 is 0 Å². The van der Waals surface area contributed by atoms with E-state index in [1.165, 1.54) is 6.07 Å². The Morgan fingerprint density at radius 2 is 1.96 bits per heavy atom. The van der Waals surface area contributed by atoms with Crippen LogP contribution in [-0.2, 0) is 21.2 Å². The summed E-state index contributed by atoms with van der Waals surface area (Å²) in [5.41, 5.74) is 1.60. The van der Waals surface area contributed by atoms with Gasteiger partial charge in [0.25, 0.3) is 0 Å².